The first-order chi connectivity index (χ1) is 9.60. The van der Waals surface area contributed by atoms with Gasteiger partial charge in [-0.3, -0.25) is 4.79 Å². The van der Waals surface area contributed by atoms with Gasteiger partial charge in [0.2, 0.25) is 5.91 Å². The molecule has 2 saturated heterocycles. The number of carbonyl (C=O) groups excluding carboxylic acids is 1. The maximum absolute atomic E-state index is 12.2. The van der Waals surface area contributed by atoms with Crippen molar-refractivity contribution in [3.63, 3.8) is 0 Å². The van der Waals surface area contributed by atoms with Gasteiger partial charge in [-0.2, -0.15) is 0 Å². The Morgan fingerprint density at radius 3 is 2.75 bits per heavy atom. The van der Waals surface area contributed by atoms with Gasteiger partial charge in [0.15, 0.2) is 0 Å². The molecule has 2 heterocycles. The van der Waals surface area contributed by atoms with Gasteiger partial charge in [0.05, 0.1) is 5.69 Å². The number of piperidine rings is 1. The largest absolute Gasteiger partial charge is 0.325 e. The average Bonchev–Trinajstić information content (AvgIpc) is 2.73. The molecule has 0 aliphatic carbocycles. The molecule has 1 aromatic rings. The van der Waals surface area contributed by atoms with Crippen molar-refractivity contribution in [2.45, 2.75) is 51.1 Å². The van der Waals surface area contributed by atoms with Gasteiger partial charge in [0.1, 0.15) is 0 Å². The summed E-state index contributed by atoms with van der Waals surface area (Å²) in [6.07, 6.45) is 5.52. The summed E-state index contributed by atoms with van der Waals surface area (Å²) in [5.74, 6) is 0.680. The van der Waals surface area contributed by atoms with Crippen LogP contribution in [0.1, 0.15) is 37.7 Å². The minimum absolute atomic E-state index is 0.141. The summed E-state index contributed by atoms with van der Waals surface area (Å²) in [7, 11) is 0. The quantitative estimate of drug-likeness (QED) is 0.885. The lowest BCUT2D eigenvalue weighted by Crippen LogP contribution is -2.39. The summed E-state index contributed by atoms with van der Waals surface area (Å²) in [5, 5.41) is 6.66. The fourth-order valence-corrected chi connectivity index (χ4v) is 3.89. The van der Waals surface area contributed by atoms with Crippen LogP contribution in [0.15, 0.2) is 22.7 Å². The Bertz CT molecular complexity index is 505. The Hall–Kier alpha value is -0.870. The summed E-state index contributed by atoms with van der Waals surface area (Å²) < 4.78 is 0.946. The van der Waals surface area contributed by atoms with Crippen molar-refractivity contribution < 1.29 is 4.79 Å². The maximum Gasteiger partial charge on any atom is 0.224 e. The topological polar surface area (TPSA) is 41.1 Å². The fourth-order valence-electron chi connectivity index (χ4n) is 3.54. The van der Waals surface area contributed by atoms with Crippen molar-refractivity contribution in [2.75, 3.05) is 5.32 Å². The van der Waals surface area contributed by atoms with Crippen LogP contribution in [-0.2, 0) is 4.79 Å². The molecular weight excluding hydrogens is 316 g/mol. The van der Waals surface area contributed by atoms with Crippen LogP contribution in [0.3, 0.4) is 0 Å². The molecule has 0 radical (unpaired) electrons. The number of benzene rings is 1. The molecule has 2 aliphatic rings. The number of anilines is 1. The molecule has 2 N–H and O–H groups in total. The van der Waals surface area contributed by atoms with Crippen molar-refractivity contribution in [3.8, 4) is 0 Å². The van der Waals surface area contributed by atoms with Crippen LogP contribution >= 0.6 is 15.9 Å². The average molecular weight is 337 g/mol. The van der Waals surface area contributed by atoms with E-state index in [4.69, 9.17) is 0 Å². The molecule has 4 heteroatoms. The second-order valence-corrected chi connectivity index (χ2v) is 7.07. The van der Waals surface area contributed by atoms with Crippen molar-refractivity contribution >= 4 is 27.5 Å². The van der Waals surface area contributed by atoms with Crippen LogP contribution in [0.25, 0.3) is 0 Å². The normalized spacial score (nSPS) is 28.4. The molecule has 1 aromatic carbocycles. The van der Waals surface area contributed by atoms with Gasteiger partial charge >= 0.3 is 0 Å². The highest BCUT2D eigenvalue weighted by atomic mass is 79.9. The van der Waals surface area contributed by atoms with E-state index in [9.17, 15) is 4.79 Å². The van der Waals surface area contributed by atoms with Crippen LogP contribution in [0.5, 0.6) is 0 Å². The van der Waals surface area contributed by atoms with Gasteiger partial charge in [-0.15, -0.1) is 0 Å². The van der Waals surface area contributed by atoms with E-state index >= 15 is 0 Å². The van der Waals surface area contributed by atoms with Crippen molar-refractivity contribution in [1.82, 2.24) is 5.32 Å². The number of hydrogen-bond donors (Lipinski definition) is 2. The van der Waals surface area contributed by atoms with Gasteiger partial charge in [-0.25, -0.2) is 0 Å². The summed E-state index contributed by atoms with van der Waals surface area (Å²) in [6, 6.07) is 7.32. The molecule has 2 bridgehead atoms. The number of halogens is 1. The lowest BCUT2D eigenvalue weighted by molar-refractivity contribution is -0.117. The number of rotatable bonds is 3. The molecule has 2 fully saturated rings. The van der Waals surface area contributed by atoms with E-state index in [0.717, 1.165) is 28.6 Å². The highest BCUT2D eigenvalue weighted by Gasteiger charge is 2.34. The van der Waals surface area contributed by atoms with Crippen LogP contribution in [-0.4, -0.2) is 18.0 Å². The third-order valence-electron chi connectivity index (χ3n) is 4.44. The number of fused-ring (bicyclic) bond motifs is 2. The number of hydrogen-bond acceptors (Lipinski definition) is 2. The fraction of sp³-hybridized carbons (Fsp3) is 0.562. The SMILES string of the molecule is Cc1ccc(Br)c(NC(=O)CC2CC3CCC(C2)N3)c1. The van der Waals surface area contributed by atoms with Crippen molar-refractivity contribution in [2.24, 2.45) is 5.92 Å². The van der Waals surface area contributed by atoms with Gasteiger partial charge in [0.25, 0.3) is 0 Å². The standard InChI is InChI=1S/C16H21BrN2O/c1-10-2-5-14(17)15(6-10)19-16(20)9-11-7-12-3-4-13(8-11)18-12/h2,5-6,11-13,18H,3-4,7-9H2,1H3,(H,19,20). The highest BCUT2D eigenvalue weighted by molar-refractivity contribution is 9.10. The number of aryl methyl sites for hydroxylation is 1. The van der Waals surface area contributed by atoms with Crippen molar-refractivity contribution in [1.29, 1.82) is 0 Å². The van der Waals surface area contributed by atoms with Crippen molar-refractivity contribution in [3.05, 3.63) is 28.2 Å². The monoisotopic (exact) mass is 336 g/mol. The van der Waals surface area contributed by atoms with Crippen LogP contribution in [0.2, 0.25) is 0 Å². The summed E-state index contributed by atoms with van der Waals surface area (Å²) in [4.78, 5) is 12.2. The Morgan fingerprint density at radius 1 is 1.35 bits per heavy atom. The second kappa shape index (κ2) is 5.86. The minimum Gasteiger partial charge on any atom is -0.325 e. The molecular formula is C16H21BrN2O. The zero-order valence-electron chi connectivity index (χ0n) is 11.8. The maximum atomic E-state index is 12.2. The Labute approximate surface area is 128 Å². The summed E-state index contributed by atoms with van der Waals surface area (Å²) in [6.45, 7) is 2.03. The highest BCUT2D eigenvalue weighted by Crippen LogP contribution is 2.33. The third-order valence-corrected chi connectivity index (χ3v) is 5.13. The van der Waals surface area contributed by atoms with E-state index in [1.165, 1.54) is 12.8 Å². The van der Waals surface area contributed by atoms with Gasteiger partial charge in [0, 0.05) is 23.0 Å². The van der Waals surface area contributed by atoms with Gasteiger partial charge in [-0.1, -0.05) is 6.07 Å². The summed E-state index contributed by atoms with van der Waals surface area (Å²) >= 11 is 3.49. The first-order valence-corrected chi connectivity index (χ1v) is 8.21. The summed E-state index contributed by atoms with van der Waals surface area (Å²) in [5.41, 5.74) is 2.04. The third kappa shape index (κ3) is 3.23. The van der Waals surface area contributed by atoms with E-state index in [1.54, 1.807) is 0 Å². The van der Waals surface area contributed by atoms with Gasteiger partial charge in [-0.05, 0) is 72.2 Å². The molecule has 3 nitrogen and oxygen atoms in total. The van der Waals surface area contributed by atoms with E-state index in [2.05, 4.69) is 26.6 Å². The zero-order chi connectivity index (χ0) is 14.1. The smallest absolute Gasteiger partial charge is 0.224 e. The molecule has 2 aliphatic heterocycles. The first kappa shape index (κ1) is 14.1. The molecule has 3 rings (SSSR count). The Balaban J connectivity index is 1.58. The zero-order valence-corrected chi connectivity index (χ0v) is 13.4. The molecule has 108 valence electrons. The first-order valence-electron chi connectivity index (χ1n) is 7.42. The number of nitrogens with one attached hydrogen (secondary N) is 2. The number of amides is 1. The van der Waals surface area contributed by atoms with Gasteiger partial charge < -0.3 is 10.6 Å². The van der Waals surface area contributed by atoms with E-state index in [-0.39, 0.29) is 5.91 Å². The molecule has 2 atom stereocenters. The second-order valence-electron chi connectivity index (χ2n) is 6.21. The molecule has 2 unspecified atom stereocenters. The van der Waals surface area contributed by atoms with E-state index in [1.807, 2.05) is 25.1 Å². The van der Waals surface area contributed by atoms with Crippen LogP contribution in [0.4, 0.5) is 5.69 Å². The van der Waals surface area contributed by atoms with E-state index in [0.29, 0.717) is 24.4 Å². The molecule has 0 spiro atoms. The molecule has 1 amide bonds. The van der Waals surface area contributed by atoms with Crippen LogP contribution in [0, 0.1) is 12.8 Å². The predicted molar refractivity (Wildman–Crippen MR) is 84.8 cm³/mol. The Kier molecular flexibility index (Phi) is 4.13. The lowest BCUT2D eigenvalue weighted by Gasteiger charge is -2.28. The molecule has 20 heavy (non-hydrogen) atoms. The molecule has 0 aromatic heterocycles. The minimum atomic E-state index is 0.141. The van der Waals surface area contributed by atoms with E-state index < -0.39 is 0 Å². The van der Waals surface area contributed by atoms with Crippen LogP contribution < -0.4 is 10.6 Å². The molecule has 0 saturated carbocycles. The predicted octanol–water partition coefficient (Wildman–Crippen LogP) is 3.62. The number of carbonyl (C=O) groups is 1. The Morgan fingerprint density at radius 2 is 2.05 bits per heavy atom. The lowest BCUT2D eigenvalue weighted by atomic mass is 9.89.